The highest BCUT2D eigenvalue weighted by Gasteiger charge is 2.41. The van der Waals surface area contributed by atoms with Gasteiger partial charge in [-0.25, -0.2) is 26.3 Å². The van der Waals surface area contributed by atoms with Crippen LogP contribution in [0.4, 0.5) is 35.1 Å². The van der Waals surface area contributed by atoms with Crippen molar-refractivity contribution in [2.45, 2.75) is 31.2 Å². The number of alkyl halides is 2. The molecule has 3 nitrogen and oxygen atoms in total. The quantitative estimate of drug-likeness (QED) is 0.158. The van der Waals surface area contributed by atoms with Crippen molar-refractivity contribution in [2.24, 2.45) is 0 Å². The summed E-state index contributed by atoms with van der Waals surface area (Å²) in [6, 6.07) is 12.3. The molecule has 2 unspecified atom stereocenters. The van der Waals surface area contributed by atoms with Crippen LogP contribution in [0.3, 0.4) is 0 Å². The van der Waals surface area contributed by atoms with Crippen LogP contribution in [0, 0.1) is 34.9 Å². The maximum absolute atomic E-state index is 15.1. The van der Waals surface area contributed by atoms with Crippen molar-refractivity contribution < 1.29 is 49.3 Å². The van der Waals surface area contributed by atoms with Crippen LogP contribution >= 0.6 is 0 Å². The Morgan fingerprint density at radius 3 is 1.83 bits per heavy atom. The van der Waals surface area contributed by atoms with Crippen molar-refractivity contribution in [1.29, 1.82) is 0 Å². The number of halogens is 8. The van der Waals surface area contributed by atoms with Gasteiger partial charge >= 0.3 is 6.11 Å². The van der Waals surface area contributed by atoms with E-state index in [-0.39, 0.29) is 35.5 Å². The Morgan fingerprint density at radius 1 is 0.690 bits per heavy atom. The summed E-state index contributed by atoms with van der Waals surface area (Å²) in [6.45, 7) is 0.483. The number of hydrogen-bond acceptors (Lipinski definition) is 3. The molecular weight excluding hydrogens is 572 g/mol. The van der Waals surface area contributed by atoms with Gasteiger partial charge in [-0.05, 0) is 53.3 Å². The molecule has 42 heavy (non-hydrogen) atoms. The van der Waals surface area contributed by atoms with E-state index in [4.69, 9.17) is 9.47 Å². The molecule has 0 bridgehead atoms. The number of methoxy groups -OCH3 is 1. The third kappa shape index (κ3) is 5.98. The Balaban J connectivity index is 1.36. The zero-order chi connectivity index (χ0) is 30.2. The zero-order valence-corrected chi connectivity index (χ0v) is 21.9. The van der Waals surface area contributed by atoms with E-state index in [0.29, 0.717) is 29.9 Å². The van der Waals surface area contributed by atoms with Crippen molar-refractivity contribution in [2.75, 3.05) is 13.7 Å². The largest absolute Gasteiger partial charge is 0.432 e. The van der Waals surface area contributed by atoms with Gasteiger partial charge in [-0.3, -0.25) is 0 Å². The summed E-state index contributed by atoms with van der Waals surface area (Å²) < 4.78 is 129. The minimum Gasteiger partial charge on any atom is -0.429 e. The van der Waals surface area contributed by atoms with Crippen LogP contribution in [0.5, 0.6) is 5.75 Å². The third-order valence-corrected chi connectivity index (χ3v) is 7.00. The summed E-state index contributed by atoms with van der Waals surface area (Å²) in [6.07, 6.45) is -3.14. The first-order valence-corrected chi connectivity index (χ1v) is 12.7. The van der Waals surface area contributed by atoms with E-state index in [1.54, 1.807) is 19.2 Å². The predicted molar refractivity (Wildman–Crippen MR) is 137 cm³/mol. The van der Waals surface area contributed by atoms with Crippen molar-refractivity contribution in [3.8, 4) is 28.0 Å². The molecule has 0 saturated carbocycles. The van der Waals surface area contributed by atoms with Crippen LogP contribution in [-0.4, -0.2) is 19.8 Å². The SMILES string of the molecule is COC1CCC(c2ccc(-c3ccc(-c4cc(F)c(C(F)(F)Oc5cc(F)c(F)c(F)c5)c(F)c4)c(F)c3)cc2)OC1. The lowest BCUT2D eigenvalue weighted by Gasteiger charge is -2.28. The number of benzene rings is 4. The lowest BCUT2D eigenvalue weighted by atomic mass is 9.95. The van der Waals surface area contributed by atoms with Gasteiger partial charge in [0.2, 0.25) is 0 Å². The van der Waals surface area contributed by atoms with Crippen LogP contribution in [0.2, 0.25) is 0 Å². The van der Waals surface area contributed by atoms with Crippen molar-refractivity contribution in [3.63, 3.8) is 0 Å². The molecule has 1 aliphatic rings. The van der Waals surface area contributed by atoms with Crippen LogP contribution in [0.25, 0.3) is 22.3 Å². The van der Waals surface area contributed by atoms with Gasteiger partial charge in [0.25, 0.3) is 0 Å². The molecule has 1 saturated heterocycles. The molecule has 2 atom stereocenters. The highest BCUT2D eigenvalue weighted by atomic mass is 19.3. The molecule has 1 heterocycles. The van der Waals surface area contributed by atoms with E-state index < -0.39 is 52.3 Å². The topological polar surface area (TPSA) is 27.7 Å². The van der Waals surface area contributed by atoms with E-state index in [0.717, 1.165) is 24.5 Å². The molecule has 0 amide bonds. The molecule has 220 valence electrons. The fourth-order valence-electron chi connectivity index (χ4n) is 4.79. The Bertz CT molecular complexity index is 1550. The summed E-state index contributed by atoms with van der Waals surface area (Å²) >= 11 is 0. The molecule has 0 aromatic heterocycles. The Kier molecular flexibility index (Phi) is 8.25. The summed E-state index contributed by atoms with van der Waals surface area (Å²) in [5, 5.41) is 0. The van der Waals surface area contributed by atoms with Gasteiger partial charge in [0.1, 0.15) is 28.8 Å². The van der Waals surface area contributed by atoms with E-state index >= 15 is 4.39 Å². The summed E-state index contributed by atoms with van der Waals surface area (Å²) in [5.41, 5.74) is -0.460. The predicted octanol–water partition coefficient (Wildman–Crippen LogP) is 8.85. The number of rotatable bonds is 7. The van der Waals surface area contributed by atoms with Crippen LogP contribution in [0.15, 0.2) is 66.7 Å². The van der Waals surface area contributed by atoms with Crippen LogP contribution in [0.1, 0.15) is 30.1 Å². The third-order valence-electron chi connectivity index (χ3n) is 7.00. The molecule has 0 aliphatic carbocycles. The smallest absolute Gasteiger partial charge is 0.429 e. The van der Waals surface area contributed by atoms with E-state index in [1.165, 1.54) is 12.1 Å². The van der Waals surface area contributed by atoms with Gasteiger partial charge in [-0.2, -0.15) is 8.78 Å². The lowest BCUT2D eigenvalue weighted by molar-refractivity contribution is -0.189. The molecular formula is C31H22F8O3. The van der Waals surface area contributed by atoms with E-state index in [9.17, 15) is 30.7 Å². The number of hydrogen-bond donors (Lipinski definition) is 0. The van der Waals surface area contributed by atoms with Crippen LogP contribution < -0.4 is 4.74 Å². The molecule has 0 radical (unpaired) electrons. The average molecular weight is 594 g/mol. The van der Waals surface area contributed by atoms with Gasteiger partial charge in [0.15, 0.2) is 17.5 Å². The monoisotopic (exact) mass is 594 g/mol. The molecule has 5 rings (SSSR count). The first-order chi connectivity index (χ1) is 20.0. The Hall–Kier alpha value is -3.96. The minimum absolute atomic E-state index is 0.0586. The normalized spacial score (nSPS) is 17.4. The van der Waals surface area contributed by atoms with Gasteiger partial charge in [0, 0.05) is 24.8 Å². The number of ether oxygens (including phenoxy) is 3. The molecule has 4 aromatic carbocycles. The first kappa shape index (κ1) is 29.5. The fourth-order valence-corrected chi connectivity index (χ4v) is 4.79. The highest BCUT2D eigenvalue weighted by molar-refractivity contribution is 5.71. The molecule has 11 heteroatoms. The maximum Gasteiger partial charge on any atom is 0.432 e. The fraction of sp³-hybridized carbons (Fsp3) is 0.226. The molecule has 1 aliphatic heterocycles. The Labute approximate surface area is 235 Å². The van der Waals surface area contributed by atoms with Crippen molar-refractivity contribution in [3.05, 3.63) is 113 Å². The lowest BCUT2D eigenvalue weighted by Crippen LogP contribution is -2.26. The van der Waals surface area contributed by atoms with Gasteiger partial charge in [0.05, 0.1) is 18.8 Å². The van der Waals surface area contributed by atoms with Crippen molar-refractivity contribution in [1.82, 2.24) is 0 Å². The second kappa shape index (κ2) is 11.7. The second-order valence-electron chi connectivity index (χ2n) is 9.71. The summed E-state index contributed by atoms with van der Waals surface area (Å²) in [4.78, 5) is 0. The second-order valence-corrected chi connectivity index (χ2v) is 9.71. The van der Waals surface area contributed by atoms with Crippen LogP contribution in [-0.2, 0) is 15.6 Å². The summed E-state index contributed by atoms with van der Waals surface area (Å²) in [5.74, 6) is -11.3. The molecule has 0 N–H and O–H groups in total. The minimum atomic E-state index is -4.76. The van der Waals surface area contributed by atoms with E-state index in [2.05, 4.69) is 4.74 Å². The maximum atomic E-state index is 15.1. The van der Waals surface area contributed by atoms with Gasteiger partial charge in [-0.15, -0.1) is 0 Å². The average Bonchev–Trinajstić information content (AvgIpc) is 2.95. The standard InChI is InChI=1S/C31H22F8O3/c1-40-20-7-9-28(41-15-20)17-4-2-16(3-5-17)18-6-8-22(23(32)10-18)19-11-24(33)29(25(34)12-19)31(38,39)42-21-13-26(35)30(37)27(36)14-21/h2-6,8,10-14,20,28H,7,9,15H2,1H3. The molecule has 1 fully saturated rings. The van der Waals surface area contributed by atoms with E-state index in [1.807, 2.05) is 12.1 Å². The Morgan fingerprint density at radius 2 is 1.29 bits per heavy atom. The first-order valence-electron chi connectivity index (χ1n) is 12.7. The molecule has 0 spiro atoms. The van der Waals surface area contributed by atoms with Crippen molar-refractivity contribution >= 4 is 0 Å². The summed E-state index contributed by atoms with van der Waals surface area (Å²) in [7, 11) is 1.63. The van der Waals surface area contributed by atoms with Gasteiger partial charge in [-0.1, -0.05) is 36.4 Å². The van der Waals surface area contributed by atoms with Gasteiger partial charge < -0.3 is 14.2 Å². The highest BCUT2D eigenvalue weighted by Crippen LogP contribution is 2.39. The zero-order valence-electron chi connectivity index (χ0n) is 21.9. The molecule has 4 aromatic rings.